The van der Waals surface area contributed by atoms with Gasteiger partial charge in [0, 0.05) is 13.1 Å². The summed E-state index contributed by atoms with van der Waals surface area (Å²) >= 11 is 0. The lowest BCUT2D eigenvalue weighted by Gasteiger charge is -2.32. The Morgan fingerprint density at radius 1 is 1.29 bits per heavy atom. The average molecular weight is 232 g/mol. The van der Waals surface area contributed by atoms with E-state index in [1.807, 2.05) is 7.05 Å². The Kier molecular flexibility index (Phi) is 5.02. The molecule has 1 aliphatic heterocycles. The monoisotopic (exact) mass is 232 g/mol. The minimum absolute atomic E-state index is 0.889. The van der Waals surface area contributed by atoms with Crippen molar-refractivity contribution in [2.24, 2.45) is 5.92 Å². The lowest BCUT2D eigenvalue weighted by atomic mass is 9.94. The lowest BCUT2D eigenvalue weighted by molar-refractivity contribution is 0.162. The highest BCUT2D eigenvalue weighted by molar-refractivity contribution is 5.14. The van der Waals surface area contributed by atoms with E-state index in [0.717, 1.165) is 19.0 Å². The van der Waals surface area contributed by atoms with Crippen LogP contribution in [0.3, 0.4) is 0 Å². The van der Waals surface area contributed by atoms with Crippen LogP contribution in [0.1, 0.15) is 24.8 Å². The predicted octanol–water partition coefficient (Wildman–Crippen LogP) is 2.51. The molecule has 2 heteroatoms. The molecule has 1 saturated heterocycles. The van der Waals surface area contributed by atoms with Crippen molar-refractivity contribution in [3.63, 3.8) is 0 Å². The summed E-state index contributed by atoms with van der Waals surface area (Å²) in [6.07, 6.45) is 4.09. The zero-order chi connectivity index (χ0) is 11.9. The van der Waals surface area contributed by atoms with E-state index in [9.17, 15) is 0 Å². The second-order valence-electron chi connectivity index (χ2n) is 5.12. The maximum atomic E-state index is 3.26. The molecule has 1 fully saturated rings. The molecule has 0 amide bonds. The Labute approximate surface area is 105 Å². The Morgan fingerprint density at radius 3 is 2.88 bits per heavy atom. The fourth-order valence-corrected chi connectivity index (χ4v) is 2.72. The fraction of sp³-hybridized carbons (Fsp3) is 0.600. The molecule has 1 N–H and O–H groups in total. The van der Waals surface area contributed by atoms with E-state index < -0.39 is 0 Å². The van der Waals surface area contributed by atoms with Crippen LogP contribution in [-0.4, -0.2) is 31.6 Å². The summed E-state index contributed by atoms with van der Waals surface area (Å²) in [5.74, 6) is 0.889. The number of benzene rings is 1. The van der Waals surface area contributed by atoms with Crippen molar-refractivity contribution in [2.45, 2.75) is 25.8 Å². The number of likely N-dealkylation sites (tertiary alicyclic amines) is 1. The van der Waals surface area contributed by atoms with Crippen molar-refractivity contribution in [3.05, 3.63) is 35.9 Å². The predicted molar refractivity (Wildman–Crippen MR) is 73.0 cm³/mol. The van der Waals surface area contributed by atoms with Gasteiger partial charge in [-0.1, -0.05) is 30.3 Å². The summed E-state index contributed by atoms with van der Waals surface area (Å²) in [5, 5.41) is 3.26. The first-order valence-electron chi connectivity index (χ1n) is 6.79. The molecule has 0 saturated carbocycles. The smallest absolute Gasteiger partial charge is 0.0233 e. The van der Waals surface area contributed by atoms with Crippen molar-refractivity contribution >= 4 is 0 Å². The summed E-state index contributed by atoms with van der Waals surface area (Å²) in [6, 6.07) is 10.8. The van der Waals surface area contributed by atoms with Crippen molar-refractivity contribution in [3.8, 4) is 0 Å². The largest absolute Gasteiger partial charge is 0.320 e. The van der Waals surface area contributed by atoms with Gasteiger partial charge in [-0.25, -0.2) is 0 Å². The molecule has 1 heterocycles. The van der Waals surface area contributed by atoms with E-state index in [0.29, 0.717) is 0 Å². The van der Waals surface area contributed by atoms with Crippen molar-refractivity contribution < 1.29 is 0 Å². The average Bonchev–Trinajstić information content (AvgIpc) is 2.38. The highest BCUT2D eigenvalue weighted by Crippen LogP contribution is 2.20. The quantitative estimate of drug-likeness (QED) is 0.839. The van der Waals surface area contributed by atoms with Gasteiger partial charge in [0.1, 0.15) is 0 Å². The Hall–Kier alpha value is -0.860. The van der Waals surface area contributed by atoms with E-state index >= 15 is 0 Å². The van der Waals surface area contributed by atoms with Gasteiger partial charge in [-0.3, -0.25) is 4.90 Å². The van der Waals surface area contributed by atoms with E-state index in [4.69, 9.17) is 0 Å². The second-order valence-corrected chi connectivity index (χ2v) is 5.12. The molecule has 0 bridgehead atoms. The minimum atomic E-state index is 0.889. The summed E-state index contributed by atoms with van der Waals surface area (Å²) in [6.45, 7) is 4.82. The highest BCUT2D eigenvalue weighted by atomic mass is 15.1. The Morgan fingerprint density at radius 2 is 2.12 bits per heavy atom. The maximum absolute atomic E-state index is 3.26. The fourth-order valence-electron chi connectivity index (χ4n) is 2.72. The summed E-state index contributed by atoms with van der Waals surface area (Å²) in [7, 11) is 2.05. The third-order valence-electron chi connectivity index (χ3n) is 3.65. The Balaban J connectivity index is 1.81. The topological polar surface area (TPSA) is 15.3 Å². The van der Waals surface area contributed by atoms with E-state index in [2.05, 4.69) is 40.5 Å². The van der Waals surface area contributed by atoms with Gasteiger partial charge >= 0.3 is 0 Å². The lowest BCUT2D eigenvalue weighted by Crippen LogP contribution is -2.35. The van der Waals surface area contributed by atoms with Crippen LogP contribution in [0.4, 0.5) is 0 Å². The molecule has 1 atom stereocenters. The minimum Gasteiger partial charge on any atom is -0.320 e. The van der Waals surface area contributed by atoms with Crippen LogP contribution in [0.5, 0.6) is 0 Å². The molecular formula is C15H24N2. The summed E-state index contributed by atoms with van der Waals surface area (Å²) in [4.78, 5) is 2.61. The van der Waals surface area contributed by atoms with Crippen LogP contribution in [0, 0.1) is 5.92 Å². The molecule has 94 valence electrons. The van der Waals surface area contributed by atoms with Gasteiger partial charge < -0.3 is 5.32 Å². The van der Waals surface area contributed by atoms with Crippen LogP contribution in [0.2, 0.25) is 0 Å². The first-order valence-corrected chi connectivity index (χ1v) is 6.79. The SMILES string of the molecule is CNCC[C@H]1CCCN(Cc2ccccc2)C1. The van der Waals surface area contributed by atoms with Crippen LogP contribution in [-0.2, 0) is 6.54 Å². The highest BCUT2D eigenvalue weighted by Gasteiger charge is 2.19. The molecule has 2 rings (SSSR count). The van der Waals surface area contributed by atoms with E-state index in [1.165, 1.54) is 37.9 Å². The first-order chi connectivity index (χ1) is 8.38. The molecule has 2 nitrogen and oxygen atoms in total. The number of nitrogens with one attached hydrogen (secondary N) is 1. The number of hydrogen-bond acceptors (Lipinski definition) is 2. The summed E-state index contributed by atoms with van der Waals surface area (Å²) in [5.41, 5.74) is 1.45. The van der Waals surface area contributed by atoms with Crippen LogP contribution in [0.15, 0.2) is 30.3 Å². The number of hydrogen-bond donors (Lipinski definition) is 1. The number of nitrogens with zero attached hydrogens (tertiary/aromatic N) is 1. The van der Waals surface area contributed by atoms with Crippen LogP contribution < -0.4 is 5.32 Å². The van der Waals surface area contributed by atoms with Crippen molar-refractivity contribution in [1.82, 2.24) is 10.2 Å². The van der Waals surface area contributed by atoms with Gasteiger partial charge in [-0.15, -0.1) is 0 Å². The molecule has 1 aromatic carbocycles. The van der Waals surface area contributed by atoms with Gasteiger partial charge in [-0.2, -0.15) is 0 Å². The van der Waals surface area contributed by atoms with Crippen LogP contribution >= 0.6 is 0 Å². The third kappa shape index (κ3) is 4.14. The molecule has 0 unspecified atom stereocenters. The van der Waals surface area contributed by atoms with Gasteiger partial charge in [0.25, 0.3) is 0 Å². The zero-order valence-electron chi connectivity index (χ0n) is 10.9. The van der Waals surface area contributed by atoms with Crippen molar-refractivity contribution in [2.75, 3.05) is 26.7 Å². The molecule has 0 aliphatic carbocycles. The second kappa shape index (κ2) is 6.77. The van der Waals surface area contributed by atoms with Crippen LogP contribution in [0.25, 0.3) is 0 Å². The van der Waals surface area contributed by atoms with Gasteiger partial charge in [0.05, 0.1) is 0 Å². The first kappa shape index (κ1) is 12.6. The molecule has 0 radical (unpaired) electrons. The zero-order valence-corrected chi connectivity index (χ0v) is 10.9. The van der Waals surface area contributed by atoms with E-state index in [-0.39, 0.29) is 0 Å². The molecule has 1 aliphatic rings. The van der Waals surface area contributed by atoms with Gasteiger partial charge in [-0.05, 0) is 50.9 Å². The van der Waals surface area contributed by atoms with Gasteiger partial charge in [0.15, 0.2) is 0 Å². The van der Waals surface area contributed by atoms with Crippen molar-refractivity contribution in [1.29, 1.82) is 0 Å². The maximum Gasteiger partial charge on any atom is 0.0233 e. The molecule has 0 aromatic heterocycles. The third-order valence-corrected chi connectivity index (χ3v) is 3.65. The standard InChI is InChI=1S/C15H24N2/c1-16-10-9-15-8-5-11-17(13-15)12-14-6-3-2-4-7-14/h2-4,6-7,15-16H,5,8-13H2,1H3/t15-/m1/s1. The number of piperidine rings is 1. The molecular weight excluding hydrogens is 208 g/mol. The normalized spacial score (nSPS) is 21.6. The molecule has 17 heavy (non-hydrogen) atoms. The van der Waals surface area contributed by atoms with Gasteiger partial charge in [0.2, 0.25) is 0 Å². The summed E-state index contributed by atoms with van der Waals surface area (Å²) < 4.78 is 0. The van der Waals surface area contributed by atoms with E-state index in [1.54, 1.807) is 0 Å². The molecule has 1 aromatic rings. The Bertz CT molecular complexity index is 310. The molecule has 0 spiro atoms. The number of rotatable bonds is 5.